The molecule has 1 amide bonds. The van der Waals surface area contributed by atoms with Crippen LogP contribution in [0.4, 0.5) is 0 Å². The molecule has 2 bridgehead atoms. The molecular formula is C14H19NO5S. The van der Waals surface area contributed by atoms with E-state index in [0.717, 1.165) is 0 Å². The number of sulfone groups is 1. The normalized spacial score (nSPS) is 43.1. The molecule has 2 fully saturated rings. The Kier molecular flexibility index (Phi) is 3.16. The van der Waals surface area contributed by atoms with Gasteiger partial charge in [0.1, 0.15) is 0 Å². The van der Waals surface area contributed by atoms with E-state index in [1.165, 1.54) is 0 Å². The zero-order valence-corrected chi connectivity index (χ0v) is 12.6. The number of hydrogen-bond acceptors (Lipinski definition) is 4. The van der Waals surface area contributed by atoms with Gasteiger partial charge in [0, 0.05) is 0 Å². The molecule has 1 saturated carbocycles. The summed E-state index contributed by atoms with van der Waals surface area (Å²) in [5.74, 6) is -2.67. The lowest BCUT2D eigenvalue weighted by atomic mass is 9.82. The van der Waals surface area contributed by atoms with Gasteiger partial charge in [-0.2, -0.15) is 0 Å². The highest BCUT2D eigenvalue weighted by Gasteiger charge is 2.53. The van der Waals surface area contributed by atoms with E-state index in [-0.39, 0.29) is 29.2 Å². The van der Waals surface area contributed by atoms with Crippen molar-refractivity contribution in [2.75, 3.05) is 11.5 Å². The standard InChI is InChI=1S/C14H19NO5S/c1-14(4-5-21(19,20)7-14)15-12(16)10-8-2-3-9(6-8)11(10)13(17)18/h2-3,8-11H,4-7H2,1H3,(H,15,16)(H,17,18)/t8-,9-,10-,11-,14-/m0/s1. The van der Waals surface area contributed by atoms with Crippen molar-refractivity contribution in [3.63, 3.8) is 0 Å². The van der Waals surface area contributed by atoms with E-state index in [0.29, 0.717) is 12.8 Å². The predicted molar refractivity (Wildman–Crippen MR) is 75.2 cm³/mol. The van der Waals surface area contributed by atoms with Crippen molar-refractivity contribution < 1.29 is 23.1 Å². The van der Waals surface area contributed by atoms with Crippen LogP contribution in [-0.2, 0) is 19.4 Å². The van der Waals surface area contributed by atoms with E-state index in [4.69, 9.17) is 0 Å². The molecule has 21 heavy (non-hydrogen) atoms. The van der Waals surface area contributed by atoms with Crippen molar-refractivity contribution >= 4 is 21.7 Å². The lowest BCUT2D eigenvalue weighted by molar-refractivity contribution is -0.148. The van der Waals surface area contributed by atoms with E-state index in [9.17, 15) is 23.1 Å². The average Bonchev–Trinajstić information content (AvgIpc) is 3.01. The molecule has 6 nitrogen and oxygen atoms in total. The molecule has 2 N–H and O–H groups in total. The molecule has 0 spiro atoms. The van der Waals surface area contributed by atoms with E-state index in [2.05, 4.69) is 5.32 Å². The molecule has 2 aliphatic carbocycles. The van der Waals surface area contributed by atoms with E-state index in [1.54, 1.807) is 6.92 Å². The number of carbonyl (C=O) groups excluding carboxylic acids is 1. The number of allylic oxidation sites excluding steroid dienone is 2. The molecular weight excluding hydrogens is 294 g/mol. The molecule has 0 unspecified atom stereocenters. The van der Waals surface area contributed by atoms with Crippen LogP contribution in [0.2, 0.25) is 0 Å². The average molecular weight is 313 g/mol. The Morgan fingerprint density at radius 3 is 2.38 bits per heavy atom. The first-order valence-corrected chi connectivity index (χ1v) is 8.96. The molecule has 7 heteroatoms. The SMILES string of the molecule is C[C@]1(NC(=O)[C@@H]2[C@@H](C(=O)O)[C@H]3C=C[C@H]2C3)CCS(=O)(=O)C1. The molecule has 0 aromatic rings. The fourth-order valence-corrected chi connectivity index (χ4v) is 6.10. The van der Waals surface area contributed by atoms with Gasteiger partial charge in [-0.25, -0.2) is 8.42 Å². The molecule has 1 aliphatic heterocycles. The zero-order valence-electron chi connectivity index (χ0n) is 11.8. The number of carboxylic acid groups (broad SMARTS) is 1. The topological polar surface area (TPSA) is 101 Å². The van der Waals surface area contributed by atoms with E-state index >= 15 is 0 Å². The third-order valence-corrected chi connectivity index (χ3v) is 6.88. The van der Waals surface area contributed by atoms with E-state index < -0.39 is 33.2 Å². The predicted octanol–water partition coefficient (Wildman–Crippen LogP) is 0.203. The minimum absolute atomic E-state index is 0.0438. The quantitative estimate of drug-likeness (QED) is 0.725. The van der Waals surface area contributed by atoms with Crippen LogP contribution in [0.5, 0.6) is 0 Å². The molecule has 5 atom stereocenters. The summed E-state index contributed by atoms with van der Waals surface area (Å²) in [6, 6.07) is 0. The maximum atomic E-state index is 12.5. The van der Waals surface area contributed by atoms with Crippen LogP contribution in [0.15, 0.2) is 12.2 Å². The van der Waals surface area contributed by atoms with Crippen LogP contribution in [-0.4, -0.2) is 42.4 Å². The van der Waals surface area contributed by atoms with Crippen molar-refractivity contribution in [1.82, 2.24) is 5.32 Å². The van der Waals surface area contributed by atoms with Gasteiger partial charge in [-0.05, 0) is 31.6 Å². The first kappa shape index (κ1) is 14.6. The number of nitrogens with one attached hydrogen (secondary N) is 1. The van der Waals surface area contributed by atoms with Crippen molar-refractivity contribution in [1.29, 1.82) is 0 Å². The number of carboxylic acids is 1. The largest absolute Gasteiger partial charge is 0.481 e. The first-order valence-electron chi connectivity index (χ1n) is 7.14. The summed E-state index contributed by atoms with van der Waals surface area (Å²) in [6.07, 6.45) is 4.89. The van der Waals surface area contributed by atoms with Gasteiger partial charge >= 0.3 is 5.97 Å². The minimum atomic E-state index is -3.11. The second kappa shape index (κ2) is 4.56. The molecule has 3 rings (SSSR count). The van der Waals surface area contributed by atoms with Crippen molar-refractivity contribution in [3.8, 4) is 0 Å². The Hall–Kier alpha value is -1.37. The van der Waals surface area contributed by atoms with Crippen LogP contribution in [0.25, 0.3) is 0 Å². The van der Waals surface area contributed by atoms with Crippen molar-refractivity contribution in [2.45, 2.75) is 25.3 Å². The zero-order chi connectivity index (χ0) is 15.4. The number of amides is 1. The molecule has 1 heterocycles. The molecule has 0 aromatic heterocycles. The second-order valence-corrected chi connectivity index (χ2v) is 8.91. The lowest BCUT2D eigenvalue weighted by Gasteiger charge is -2.30. The fourth-order valence-electron chi connectivity index (χ4n) is 4.01. The summed E-state index contributed by atoms with van der Waals surface area (Å²) in [5.41, 5.74) is -0.773. The third-order valence-electron chi connectivity index (χ3n) is 4.98. The summed E-state index contributed by atoms with van der Waals surface area (Å²) in [5, 5.41) is 12.2. The van der Waals surface area contributed by atoms with Gasteiger partial charge in [0.15, 0.2) is 9.84 Å². The summed E-state index contributed by atoms with van der Waals surface area (Å²) in [4.78, 5) is 23.9. The number of carbonyl (C=O) groups is 2. The summed E-state index contributed by atoms with van der Waals surface area (Å²) in [6.45, 7) is 1.72. The Morgan fingerprint density at radius 1 is 1.24 bits per heavy atom. The van der Waals surface area contributed by atoms with Gasteiger partial charge in [0.2, 0.25) is 5.91 Å². The Labute approximate surface area is 123 Å². The Balaban J connectivity index is 1.77. The maximum absolute atomic E-state index is 12.5. The van der Waals surface area contributed by atoms with Crippen LogP contribution >= 0.6 is 0 Å². The molecule has 3 aliphatic rings. The van der Waals surface area contributed by atoms with Crippen LogP contribution in [0.1, 0.15) is 19.8 Å². The lowest BCUT2D eigenvalue weighted by Crippen LogP contribution is -2.51. The Morgan fingerprint density at radius 2 is 1.86 bits per heavy atom. The summed E-state index contributed by atoms with van der Waals surface area (Å²) < 4.78 is 23.2. The van der Waals surface area contributed by atoms with Crippen LogP contribution in [0, 0.1) is 23.7 Å². The summed E-state index contributed by atoms with van der Waals surface area (Å²) in [7, 11) is -3.11. The molecule has 1 saturated heterocycles. The van der Waals surface area contributed by atoms with Gasteiger partial charge in [0.05, 0.1) is 28.9 Å². The highest BCUT2D eigenvalue weighted by molar-refractivity contribution is 7.91. The van der Waals surface area contributed by atoms with E-state index in [1.807, 2.05) is 12.2 Å². The van der Waals surface area contributed by atoms with Gasteiger partial charge in [-0.3, -0.25) is 9.59 Å². The molecule has 0 aromatic carbocycles. The smallest absolute Gasteiger partial charge is 0.307 e. The van der Waals surface area contributed by atoms with Gasteiger partial charge in [-0.15, -0.1) is 0 Å². The molecule has 0 radical (unpaired) electrons. The number of aliphatic carboxylic acids is 1. The van der Waals surface area contributed by atoms with Crippen molar-refractivity contribution in [3.05, 3.63) is 12.2 Å². The number of hydrogen-bond donors (Lipinski definition) is 2. The second-order valence-electron chi connectivity index (χ2n) is 6.73. The van der Waals surface area contributed by atoms with Crippen LogP contribution < -0.4 is 5.32 Å². The first-order chi connectivity index (χ1) is 9.71. The van der Waals surface area contributed by atoms with Gasteiger partial charge in [0.25, 0.3) is 0 Å². The van der Waals surface area contributed by atoms with Crippen molar-refractivity contribution in [2.24, 2.45) is 23.7 Å². The number of rotatable bonds is 3. The van der Waals surface area contributed by atoms with Crippen LogP contribution in [0.3, 0.4) is 0 Å². The minimum Gasteiger partial charge on any atom is -0.481 e. The highest BCUT2D eigenvalue weighted by atomic mass is 32.2. The third kappa shape index (κ3) is 2.47. The monoisotopic (exact) mass is 313 g/mol. The van der Waals surface area contributed by atoms with Gasteiger partial charge < -0.3 is 10.4 Å². The highest BCUT2D eigenvalue weighted by Crippen LogP contribution is 2.48. The van der Waals surface area contributed by atoms with Gasteiger partial charge in [-0.1, -0.05) is 12.2 Å². The maximum Gasteiger partial charge on any atom is 0.307 e. The number of fused-ring (bicyclic) bond motifs is 2. The fraction of sp³-hybridized carbons (Fsp3) is 0.714. The Bertz CT molecular complexity index is 625. The molecule has 116 valence electrons. The summed E-state index contributed by atoms with van der Waals surface area (Å²) >= 11 is 0.